The van der Waals surface area contributed by atoms with Crippen LogP contribution in [0.25, 0.3) is 0 Å². The van der Waals surface area contributed by atoms with E-state index in [9.17, 15) is 35.1 Å². The zero-order valence-electron chi connectivity index (χ0n) is 8.22. The van der Waals surface area contributed by atoms with Gasteiger partial charge in [0.2, 0.25) is 0 Å². The number of halogens is 8. The molecule has 0 aliphatic carbocycles. The fourth-order valence-corrected chi connectivity index (χ4v) is 0.921. The molecular formula is C8H10F8. The molecule has 0 amide bonds. The zero-order chi connectivity index (χ0) is 13.2. The van der Waals surface area contributed by atoms with Gasteiger partial charge in [-0.3, -0.25) is 0 Å². The van der Waals surface area contributed by atoms with Gasteiger partial charge >= 0.3 is 12.1 Å². The van der Waals surface area contributed by atoms with Crippen LogP contribution in [0.1, 0.15) is 26.2 Å². The Morgan fingerprint density at radius 1 is 0.875 bits per heavy atom. The predicted octanol–water partition coefficient (Wildman–Crippen LogP) is 4.35. The molecule has 0 aromatic rings. The Hall–Kier alpha value is -0.560. The van der Waals surface area contributed by atoms with Gasteiger partial charge in [-0.2, -0.15) is 22.0 Å². The Morgan fingerprint density at radius 3 is 1.62 bits per heavy atom. The molecule has 0 aromatic carbocycles. The minimum Gasteiger partial charge on any atom is -0.241 e. The first kappa shape index (κ1) is 15.4. The van der Waals surface area contributed by atoms with E-state index < -0.39 is 43.5 Å². The molecule has 0 fully saturated rings. The van der Waals surface area contributed by atoms with Crippen molar-refractivity contribution in [2.24, 2.45) is 0 Å². The van der Waals surface area contributed by atoms with Gasteiger partial charge in [0.1, 0.15) is 0 Å². The van der Waals surface area contributed by atoms with Gasteiger partial charge in [0, 0.05) is 12.8 Å². The third-order valence-corrected chi connectivity index (χ3v) is 2.00. The molecule has 0 bridgehead atoms. The highest BCUT2D eigenvalue weighted by molar-refractivity contribution is 4.82. The highest BCUT2D eigenvalue weighted by atomic mass is 19.4. The second-order valence-corrected chi connectivity index (χ2v) is 3.34. The molecule has 0 saturated carbocycles. The van der Waals surface area contributed by atoms with Crippen molar-refractivity contribution in [3.63, 3.8) is 0 Å². The Balaban J connectivity index is 4.45. The SMILES string of the molecule is CCC(F)C(F)(F)CCC(F)(F)C(F)(F)F. The van der Waals surface area contributed by atoms with E-state index in [1.165, 1.54) is 0 Å². The van der Waals surface area contributed by atoms with Crippen LogP contribution in [0.15, 0.2) is 0 Å². The topological polar surface area (TPSA) is 0 Å². The van der Waals surface area contributed by atoms with Crippen molar-refractivity contribution >= 4 is 0 Å². The molecule has 1 atom stereocenters. The molecule has 0 spiro atoms. The van der Waals surface area contributed by atoms with E-state index in [1.54, 1.807) is 0 Å². The average Bonchev–Trinajstić information content (AvgIpc) is 2.12. The molecular weight excluding hydrogens is 248 g/mol. The van der Waals surface area contributed by atoms with Crippen LogP contribution in [0.4, 0.5) is 35.1 Å². The van der Waals surface area contributed by atoms with Gasteiger partial charge in [0.15, 0.2) is 6.17 Å². The summed E-state index contributed by atoms with van der Waals surface area (Å²) >= 11 is 0. The van der Waals surface area contributed by atoms with Crippen LogP contribution >= 0.6 is 0 Å². The van der Waals surface area contributed by atoms with Crippen molar-refractivity contribution in [1.29, 1.82) is 0 Å². The van der Waals surface area contributed by atoms with Crippen molar-refractivity contribution in [2.45, 2.75) is 50.4 Å². The summed E-state index contributed by atoms with van der Waals surface area (Å²) in [4.78, 5) is 0. The van der Waals surface area contributed by atoms with Crippen LogP contribution < -0.4 is 0 Å². The fourth-order valence-electron chi connectivity index (χ4n) is 0.921. The largest absolute Gasteiger partial charge is 0.453 e. The van der Waals surface area contributed by atoms with Crippen molar-refractivity contribution in [2.75, 3.05) is 0 Å². The maximum Gasteiger partial charge on any atom is 0.453 e. The van der Waals surface area contributed by atoms with Crippen LogP contribution in [0, 0.1) is 0 Å². The van der Waals surface area contributed by atoms with Gasteiger partial charge < -0.3 is 0 Å². The number of alkyl halides is 8. The molecule has 1 unspecified atom stereocenters. The maximum atomic E-state index is 12.7. The summed E-state index contributed by atoms with van der Waals surface area (Å²) in [6.45, 7) is 1.04. The van der Waals surface area contributed by atoms with Crippen LogP contribution in [-0.2, 0) is 0 Å². The van der Waals surface area contributed by atoms with Gasteiger partial charge in [-0.15, -0.1) is 0 Å². The second-order valence-electron chi connectivity index (χ2n) is 3.34. The first-order valence-electron chi connectivity index (χ1n) is 4.40. The van der Waals surface area contributed by atoms with Crippen molar-refractivity contribution in [3.8, 4) is 0 Å². The highest BCUT2D eigenvalue weighted by Crippen LogP contribution is 2.41. The van der Waals surface area contributed by atoms with Crippen LogP contribution in [0.5, 0.6) is 0 Å². The predicted molar refractivity (Wildman–Crippen MR) is 40.4 cm³/mol. The molecule has 0 saturated heterocycles. The Labute approximate surface area is 86.6 Å². The molecule has 0 aromatic heterocycles. The molecule has 98 valence electrons. The molecule has 0 radical (unpaired) electrons. The smallest absolute Gasteiger partial charge is 0.241 e. The molecule has 0 nitrogen and oxygen atoms in total. The Kier molecular flexibility index (Phi) is 4.58. The van der Waals surface area contributed by atoms with E-state index in [0.717, 1.165) is 6.92 Å². The maximum absolute atomic E-state index is 12.7. The number of hydrogen-bond acceptors (Lipinski definition) is 0. The van der Waals surface area contributed by atoms with E-state index >= 15 is 0 Å². The summed E-state index contributed by atoms with van der Waals surface area (Å²) in [5.74, 6) is -9.38. The number of rotatable bonds is 5. The van der Waals surface area contributed by atoms with Crippen molar-refractivity contribution in [1.82, 2.24) is 0 Å². The molecule has 0 heterocycles. The highest BCUT2D eigenvalue weighted by Gasteiger charge is 2.58. The van der Waals surface area contributed by atoms with Crippen molar-refractivity contribution < 1.29 is 35.1 Å². The summed E-state index contributed by atoms with van der Waals surface area (Å²) < 4.78 is 97.1. The van der Waals surface area contributed by atoms with Crippen LogP contribution in [0.2, 0.25) is 0 Å². The standard InChI is InChI=1S/C8H10F8/c1-2-5(9)6(10,11)3-4-7(12,13)8(14,15)16/h5H,2-4H2,1H3. The van der Waals surface area contributed by atoms with E-state index in [1.807, 2.05) is 0 Å². The summed E-state index contributed by atoms with van der Waals surface area (Å²) in [5, 5.41) is 0. The zero-order valence-corrected chi connectivity index (χ0v) is 8.22. The van der Waals surface area contributed by atoms with E-state index in [-0.39, 0.29) is 0 Å². The quantitative estimate of drug-likeness (QED) is 0.643. The van der Waals surface area contributed by atoms with E-state index in [2.05, 4.69) is 0 Å². The van der Waals surface area contributed by atoms with Gasteiger partial charge in [-0.1, -0.05) is 6.92 Å². The summed E-state index contributed by atoms with van der Waals surface area (Å²) in [7, 11) is 0. The molecule has 16 heavy (non-hydrogen) atoms. The lowest BCUT2D eigenvalue weighted by molar-refractivity contribution is -0.288. The van der Waals surface area contributed by atoms with E-state index in [4.69, 9.17) is 0 Å². The fraction of sp³-hybridized carbons (Fsp3) is 1.00. The summed E-state index contributed by atoms with van der Waals surface area (Å²) in [6.07, 6.45) is -13.2. The second kappa shape index (κ2) is 4.75. The minimum absolute atomic E-state index is 0.648. The molecule has 8 heteroatoms. The van der Waals surface area contributed by atoms with Gasteiger partial charge in [-0.25, -0.2) is 13.2 Å². The lowest BCUT2D eigenvalue weighted by Gasteiger charge is -2.24. The lowest BCUT2D eigenvalue weighted by atomic mass is 10.0. The Morgan fingerprint density at radius 2 is 1.31 bits per heavy atom. The molecule has 0 N–H and O–H groups in total. The van der Waals surface area contributed by atoms with Gasteiger partial charge in [0.25, 0.3) is 5.92 Å². The summed E-state index contributed by atoms with van der Waals surface area (Å²) in [6, 6.07) is 0. The lowest BCUT2D eigenvalue weighted by Crippen LogP contribution is -2.39. The van der Waals surface area contributed by atoms with Gasteiger partial charge in [0.05, 0.1) is 0 Å². The first-order chi connectivity index (χ1) is 6.94. The third-order valence-electron chi connectivity index (χ3n) is 2.00. The molecule has 0 aliphatic heterocycles. The average molecular weight is 258 g/mol. The molecule has 0 rings (SSSR count). The summed E-state index contributed by atoms with van der Waals surface area (Å²) in [5.41, 5.74) is 0. The normalized spacial score (nSPS) is 16.3. The van der Waals surface area contributed by atoms with Crippen molar-refractivity contribution in [3.05, 3.63) is 0 Å². The monoisotopic (exact) mass is 258 g/mol. The first-order valence-corrected chi connectivity index (χ1v) is 4.40. The van der Waals surface area contributed by atoms with E-state index in [0.29, 0.717) is 0 Å². The molecule has 0 aliphatic rings. The van der Waals surface area contributed by atoms with Gasteiger partial charge in [-0.05, 0) is 6.42 Å². The minimum atomic E-state index is -5.89. The third kappa shape index (κ3) is 3.79. The number of hydrogen-bond donors (Lipinski definition) is 0. The Bertz CT molecular complexity index is 219. The van der Waals surface area contributed by atoms with Crippen LogP contribution in [-0.4, -0.2) is 24.2 Å². The van der Waals surface area contributed by atoms with Crippen LogP contribution in [0.3, 0.4) is 0 Å².